The van der Waals surface area contributed by atoms with Crippen molar-refractivity contribution < 1.29 is 9.53 Å². The van der Waals surface area contributed by atoms with Crippen molar-refractivity contribution in [3.63, 3.8) is 0 Å². The first-order valence-corrected chi connectivity index (χ1v) is 4.46. The van der Waals surface area contributed by atoms with Crippen molar-refractivity contribution >= 4 is 6.47 Å². The summed E-state index contributed by atoms with van der Waals surface area (Å²) in [6.07, 6.45) is 7.21. The standard InChI is InChI=1S/C9H14O2/c10-7-11-9-4-1-2-8(6-9)3-5-9/h7-8H,1-6H2. The van der Waals surface area contributed by atoms with Crippen molar-refractivity contribution in [3.05, 3.63) is 0 Å². The number of ether oxygens (including phenoxy) is 1. The maximum Gasteiger partial charge on any atom is 0.293 e. The zero-order chi connectivity index (χ0) is 7.73. The summed E-state index contributed by atoms with van der Waals surface area (Å²) in [4.78, 5) is 10.2. The summed E-state index contributed by atoms with van der Waals surface area (Å²) in [7, 11) is 0. The van der Waals surface area contributed by atoms with Crippen molar-refractivity contribution in [3.8, 4) is 0 Å². The van der Waals surface area contributed by atoms with Gasteiger partial charge in [-0.2, -0.15) is 0 Å². The average molecular weight is 154 g/mol. The molecule has 11 heavy (non-hydrogen) atoms. The third kappa shape index (κ3) is 1.15. The minimum absolute atomic E-state index is 0.0231. The van der Waals surface area contributed by atoms with Crippen LogP contribution in [0.1, 0.15) is 38.5 Å². The fraction of sp³-hybridized carbons (Fsp3) is 0.889. The Morgan fingerprint density at radius 1 is 1.36 bits per heavy atom. The maximum absolute atomic E-state index is 10.2. The molecule has 0 N–H and O–H groups in total. The van der Waals surface area contributed by atoms with Crippen LogP contribution in [0, 0.1) is 5.92 Å². The van der Waals surface area contributed by atoms with E-state index in [0.717, 1.165) is 25.2 Å². The Labute approximate surface area is 66.9 Å². The van der Waals surface area contributed by atoms with Crippen molar-refractivity contribution in [1.82, 2.24) is 0 Å². The first-order valence-electron chi connectivity index (χ1n) is 4.46. The lowest BCUT2D eigenvalue weighted by Gasteiger charge is -2.30. The first-order chi connectivity index (χ1) is 5.35. The van der Waals surface area contributed by atoms with E-state index in [1.54, 1.807) is 0 Å². The van der Waals surface area contributed by atoms with Gasteiger partial charge in [-0.3, -0.25) is 4.79 Å². The predicted octanol–water partition coefficient (Wildman–Crippen LogP) is 1.88. The SMILES string of the molecule is O=COC12CCCC(CC1)C2. The molecule has 0 aromatic heterocycles. The number of fused-ring (bicyclic) bond motifs is 2. The zero-order valence-corrected chi connectivity index (χ0v) is 6.71. The highest BCUT2D eigenvalue weighted by molar-refractivity contribution is 5.38. The van der Waals surface area contributed by atoms with Crippen LogP contribution < -0.4 is 0 Å². The van der Waals surface area contributed by atoms with Gasteiger partial charge in [0.05, 0.1) is 0 Å². The van der Waals surface area contributed by atoms with Crippen LogP contribution >= 0.6 is 0 Å². The number of carbonyl (C=O) groups is 1. The second-order valence-corrected chi connectivity index (χ2v) is 3.90. The van der Waals surface area contributed by atoms with E-state index < -0.39 is 0 Å². The Balaban J connectivity index is 2.06. The molecular formula is C9H14O2. The molecule has 2 heteroatoms. The van der Waals surface area contributed by atoms with E-state index in [4.69, 9.17) is 4.74 Å². The minimum atomic E-state index is -0.0231. The molecule has 2 unspecified atom stereocenters. The fourth-order valence-electron chi connectivity index (χ4n) is 2.65. The molecule has 2 fully saturated rings. The third-order valence-corrected chi connectivity index (χ3v) is 3.21. The average Bonchev–Trinajstić information content (AvgIpc) is 2.28. The van der Waals surface area contributed by atoms with Gasteiger partial charge in [-0.1, -0.05) is 6.42 Å². The molecule has 2 atom stereocenters. The molecule has 0 radical (unpaired) electrons. The highest BCUT2D eigenvalue weighted by Gasteiger charge is 2.43. The highest BCUT2D eigenvalue weighted by atomic mass is 16.5. The largest absolute Gasteiger partial charge is 0.461 e. The van der Waals surface area contributed by atoms with E-state index in [1.165, 1.54) is 19.3 Å². The molecule has 0 aromatic carbocycles. The van der Waals surface area contributed by atoms with Gasteiger partial charge in [0.1, 0.15) is 5.60 Å². The second kappa shape index (κ2) is 2.50. The van der Waals surface area contributed by atoms with Crippen LogP contribution in [-0.4, -0.2) is 12.1 Å². The summed E-state index contributed by atoms with van der Waals surface area (Å²) in [6, 6.07) is 0. The third-order valence-electron chi connectivity index (χ3n) is 3.21. The summed E-state index contributed by atoms with van der Waals surface area (Å²) < 4.78 is 5.18. The van der Waals surface area contributed by atoms with Gasteiger partial charge in [0.2, 0.25) is 0 Å². The van der Waals surface area contributed by atoms with E-state index >= 15 is 0 Å². The molecule has 2 aliphatic carbocycles. The van der Waals surface area contributed by atoms with Crippen molar-refractivity contribution in [2.45, 2.75) is 44.1 Å². The summed E-state index contributed by atoms with van der Waals surface area (Å²) >= 11 is 0. The van der Waals surface area contributed by atoms with Crippen LogP contribution in [0.2, 0.25) is 0 Å². The van der Waals surface area contributed by atoms with Crippen molar-refractivity contribution in [2.75, 3.05) is 0 Å². The Morgan fingerprint density at radius 2 is 2.27 bits per heavy atom. The minimum Gasteiger partial charge on any atom is -0.461 e. The summed E-state index contributed by atoms with van der Waals surface area (Å²) in [6.45, 7) is 0.633. The topological polar surface area (TPSA) is 26.3 Å². The molecule has 0 saturated heterocycles. The molecule has 2 aliphatic rings. The molecule has 2 bridgehead atoms. The number of hydrogen-bond acceptors (Lipinski definition) is 2. The summed E-state index contributed by atoms with van der Waals surface area (Å²) in [5, 5.41) is 0. The van der Waals surface area contributed by atoms with Gasteiger partial charge in [-0.15, -0.1) is 0 Å². The van der Waals surface area contributed by atoms with E-state index in [0.29, 0.717) is 6.47 Å². The van der Waals surface area contributed by atoms with Gasteiger partial charge in [0, 0.05) is 0 Å². The Kier molecular flexibility index (Phi) is 1.63. The van der Waals surface area contributed by atoms with Gasteiger partial charge in [-0.05, 0) is 38.0 Å². The van der Waals surface area contributed by atoms with E-state index in [9.17, 15) is 4.79 Å². The first kappa shape index (κ1) is 7.14. The number of hydrogen-bond donors (Lipinski definition) is 0. The zero-order valence-electron chi connectivity index (χ0n) is 6.71. The van der Waals surface area contributed by atoms with Gasteiger partial charge in [0.15, 0.2) is 0 Å². The normalized spacial score (nSPS) is 42.0. The van der Waals surface area contributed by atoms with Crippen LogP contribution in [0.4, 0.5) is 0 Å². The molecule has 62 valence electrons. The van der Waals surface area contributed by atoms with E-state index in [1.807, 2.05) is 0 Å². The predicted molar refractivity (Wildman–Crippen MR) is 41.1 cm³/mol. The molecule has 2 nitrogen and oxygen atoms in total. The van der Waals surface area contributed by atoms with Gasteiger partial charge < -0.3 is 4.74 Å². The lowest BCUT2D eigenvalue weighted by molar-refractivity contribution is -0.145. The molecule has 2 saturated carbocycles. The molecule has 0 aromatic rings. The van der Waals surface area contributed by atoms with Crippen molar-refractivity contribution in [1.29, 1.82) is 0 Å². The molecular weight excluding hydrogens is 140 g/mol. The number of rotatable bonds is 2. The quantitative estimate of drug-likeness (QED) is 0.568. The molecule has 0 aliphatic heterocycles. The summed E-state index contributed by atoms with van der Waals surface area (Å²) in [5.41, 5.74) is -0.0231. The van der Waals surface area contributed by atoms with Crippen molar-refractivity contribution in [2.24, 2.45) is 5.92 Å². The van der Waals surface area contributed by atoms with Crippen LogP contribution in [0.5, 0.6) is 0 Å². The smallest absolute Gasteiger partial charge is 0.293 e. The Bertz CT molecular complexity index is 163. The van der Waals surface area contributed by atoms with Gasteiger partial charge in [-0.25, -0.2) is 0 Å². The van der Waals surface area contributed by atoms with Gasteiger partial charge >= 0.3 is 0 Å². The number of carbonyl (C=O) groups excluding carboxylic acids is 1. The molecule has 2 rings (SSSR count). The maximum atomic E-state index is 10.2. The Hall–Kier alpha value is -0.530. The highest BCUT2D eigenvalue weighted by Crippen LogP contribution is 2.46. The van der Waals surface area contributed by atoms with E-state index in [-0.39, 0.29) is 5.60 Å². The lowest BCUT2D eigenvalue weighted by atomic mass is 9.86. The summed E-state index contributed by atoms with van der Waals surface area (Å²) in [5.74, 6) is 0.851. The van der Waals surface area contributed by atoms with E-state index in [2.05, 4.69) is 0 Å². The molecule has 0 amide bonds. The van der Waals surface area contributed by atoms with Crippen LogP contribution in [0.3, 0.4) is 0 Å². The molecule has 0 heterocycles. The monoisotopic (exact) mass is 154 g/mol. The van der Waals surface area contributed by atoms with Crippen LogP contribution in [-0.2, 0) is 9.53 Å². The lowest BCUT2D eigenvalue weighted by Crippen LogP contribution is -2.31. The van der Waals surface area contributed by atoms with Gasteiger partial charge in [0.25, 0.3) is 6.47 Å². The fourth-order valence-corrected chi connectivity index (χ4v) is 2.65. The van der Waals surface area contributed by atoms with Crippen LogP contribution in [0.15, 0.2) is 0 Å². The van der Waals surface area contributed by atoms with Crippen LogP contribution in [0.25, 0.3) is 0 Å². The molecule has 0 spiro atoms. The second-order valence-electron chi connectivity index (χ2n) is 3.90. The Morgan fingerprint density at radius 3 is 3.09 bits per heavy atom.